The zero-order valence-electron chi connectivity index (χ0n) is 20.5. The Morgan fingerprint density at radius 2 is 1.25 bits per heavy atom. The Bertz CT molecular complexity index is 650. The van der Waals surface area contributed by atoms with Crippen molar-refractivity contribution in [3.63, 3.8) is 0 Å². The molecule has 0 spiro atoms. The molecule has 0 aromatic rings. The van der Waals surface area contributed by atoms with Crippen molar-refractivity contribution in [3.8, 4) is 0 Å². The van der Waals surface area contributed by atoms with Crippen LogP contribution in [0.1, 0.15) is 67.2 Å². The summed E-state index contributed by atoms with van der Waals surface area (Å²) in [5.74, 6) is -0.408. The number of rotatable bonds is 12. The van der Waals surface area contributed by atoms with Gasteiger partial charge in [-0.1, -0.05) is 5.11 Å². The molecule has 184 valence electrons. The molecule has 0 saturated carbocycles. The van der Waals surface area contributed by atoms with Crippen molar-refractivity contribution in [1.82, 2.24) is 9.80 Å². The highest BCUT2D eigenvalue weighted by Gasteiger charge is 2.24. The van der Waals surface area contributed by atoms with E-state index in [1.165, 1.54) is 12.0 Å². The zero-order chi connectivity index (χ0) is 24.8. The molecule has 11 nitrogen and oxygen atoms in total. The first kappa shape index (κ1) is 29.3. The van der Waals surface area contributed by atoms with Gasteiger partial charge in [0.1, 0.15) is 11.2 Å². The number of hydrogen-bond donors (Lipinski definition) is 0. The second kappa shape index (κ2) is 14.4. The van der Waals surface area contributed by atoms with Crippen molar-refractivity contribution in [2.24, 2.45) is 5.11 Å². The number of carbonyl (C=O) groups excluding carboxylic acids is 3. The molecule has 0 aromatic heterocycles. The van der Waals surface area contributed by atoms with Gasteiger partial charge in [-0.05, 0) is 66.3 Å². The van der Waals surface area contributed by atoms with Gasteiger partial charge in [-0.25, -0.2) is 9.59 Å². The number of hydrogen-bond acceptors (Lipinski definition) is 7. The first-order valence-electron chi connectivity index (χ1n) is 10.8. The maximum Gasteiger partial charge on any atom is 0.410 e. The van der Waals surface area contributed by atoms with Crippen molar-refractivity contribution in [2.45, 2.75) is 78.4 Å². The standard InChI is InChI=1S/C21H39N5O6/c1-20(2,3)31-18(28)25(15-10-12-23-24-22)13-8-9-14-26(16-11-17(27)30-7)19(29)32-21(4,5)6/h8-16H2,1-7H3. The van der Waals surface area contributed by atoms with Gasteiger partial charge < -0.3 is 24.0 Å². The van der Waals surface area contributed by atoms with Crippen LogP contribution in [0.2, 0.25) is 0 Å². The van der Waals surface area contributed by atoms with Gasteiger partial charge in [0.05, 0.1) is 13.5 Å². The molecule has 0 aliphatic heterocycles. The van der Waals surface area contributed by atoms with Crippen molar-refractivity contribution in [1.29, 1.82) is 0 Å². The SMILES string of the molecule is COC(=O)CCN(CCCCN(CCCN=[N+]=[N-])C(=O)OC(C)(C)C)C(=O)OC(C)(C)C. The molecule has 0 rings (SSSR count). The molecule has 32 heavy (non-hydrogen) atoms. The van der Waals surface area contributed by atoms with Crippen molar-refractivity contribution in [3.05, 3.63) is 10.4 Å². The lowest BCUT2D eigenvalue weighted by molar-refractivity contribution is -0.140. The van der Waals surface area contributed by atoms with Crippen LogP contribution in [0.15, 0.2) is 5.11 Å². The van der Waals surface area contributed by atoms with E-state index in [-0.39, 0.29) is 19.5 Å². The number of esters is 1. The highest BCUT2D eigenvalue weighted by Crippen LogP contribution is 2.13. The summed E-state index contributed by atoms with van der Waals surface area (Å²) in [6.45, 7) is 12.4. The van der Waals surface area contributed by atoms with E-state index in [0.29, 0.717) is 38.9 Å². The molecule has 0 fully saturated rings. The summed E-state index contributed by atoms with van der Waals surface area (Å²) in [4.78, 5) is 42.2. The number of methoxy groups -OCH3 is 1. The third kappa shape index (κ3) is 15.2. The molecule has 0 radical (unpaired) electrons. The number of amides is 2. The van der Waals surface area contributed by atoms with Crippen LogP contribution in [-0.2, 0) is 19.0 Å². The fraction of sp³-hybridized carbons (Fsp3) is 0.857. The van der Waals surface area contributed by atoms with Gasteiger partial charge >= 0.3 is 18.2 Å². The fourth-order valence-corrected chi connectivity index (χ4v) is 2.55. The van der Waals surface area contributed by atoms with Crippen molar-refractivity contribution in [2.75, 3.05) is 39.8 Å². The molecule has 0 aromatic carbocycles. The Balaban J connectivity index is 4.89. The topological polar surface area (TPSA) is 134 Å². The Labute approximate surface area is 191 Å². The van der Waals surface area contributed by atoms with E-state index >= 15 is 0 Å². The monoisotopic (exact) mass is 457 g/mol. The predicted octanol–water partition coefficient (Wildman–Crippen LogP) is 4.50. The number of azide groups is 1. The van der Waals surface area contributed by atoms with E-state index in [1.54, 1.807) is 46.4 Å². The minimum absolute atomic E-state index is 0.0686. The molecule has 0 heterocycles. The summed E-state index contributed by atoms with van der Waals surface area (Å²) >= 11 is 0. The van der Waals surface area contributed by atoms with E-state index in [9.17, 15) is 14.4 Å². The predicted molar refractivity (Wildman–Crippen MR) is 120 cm³/mol. The van der Waals surface area contributed by atoms with Crippen LogP contribution in [0.4, 0.5) is 9.59 Å². The van der Waals surface area contributed by atoms with E-state index < -0.39 is 29.4 Å². The quantitative estimate of drug-likeness (QED) is 0.106. The lowest BCUT2D eigenvalue weighted by atomic mass is 10.2. The van der Waals surface area contributed by atoms with Gasteiger partial charge in [0.2, 0.25) is 0 Å². The zero-order valence-corrected chi connectivity index (χ0v) is 20.5. The second-order valence-corrected chi connectivity index (χ2v) is 9.28. The van der Waals surface area contributed by atoms with Crippen LogP contribution in [-0.4, -0.2) is 79.0 Å². The van der Waals surface area contributed by atoms with E-state index in [1.807, 2.05) is 0 Å². The molecular weight excluding hydrogens is 418 g/mol. The third-order valence-electron chi connectivity index (χ3n) is 3.97. The van der Waals surface area contributed by atoms with Crippen LogP contribution in [0.25, 0.3) is 10.4 Å². The second-order valence-electron chi connectivity index (χ2n) is 9.28. The molecule has 2 amide bonds. The van der Waals surface area contributed by atoms with Gasteiger partial charge in [-0.2, -0.15) is 0 Å². The maximum atomic E-state index is 12.5. The first-order valence-corrected chi connectivity index (χ1v) is 10.8. The summed E-state index contributed by atoms with van der Waals surface area (Å²) in [5.41, 5.74) is 7.13. The Kier molecular flexibility index (Phi) is 13.2. The molecule has 11 heteroatoms. The van der Waals surface area contributed by atoms with E-state index in [4.69, 9.17) is 15.0 Å². The Morgan fingerprint density at radius 3 is 1.66 bits per heavy atom. The average molecular weight is 458 g/mol. The lowest BCUT2D eigenvalue weighted by Crippen LogP contribution is -2.40. The highest BCUT2D eigenvalue weighted by atomic mass is 16.6. The summed E-state index contributed by atoms with van der Waals surface area (Å²) in [6.07, 6.45) is 0.855. The van der Waals surface area contributed by atoms with Gasteiger partial charge in [0.15, 0.2) is 0 Å². The van der Waals surface area contributed by atoms with Crippen LogP contribution in [0, 0.1) is 0 Å². The summed E-state index contributed by atoms with van der Waals surface area (Å²) in [7, 11) is 1.30. The van der Waals surface area contributed by atoms with Gasteiger partial charge in [-0.15, -0.1) is 0 Å². The molecule has 0 bridgehead atoms. The number of nitrogens with zero attached hydrogens (tertiary/aromatic N) is 5. The van der Waals surface area contributed by atoms with Gasteiger partial charge in [0, 0.05) is 37.6 Å². The molecular formula is C21H39N5O6. The minimum Gasteiger partial charge on any atom is -0.469 e. The highest BCUT2D eigenvalue weighted by molar-refractivity contribution is 5.72. The Morgan fingerprint density at radius 1 is 0.812 bits per heavy atom. The van der Waals surface area contributed by atoms with Gasteiger partial charge in [0.25, 0.3) is 0 Å². The number of unbranched alkanes of at least 4 members (excludes halogenated alkanes) is 1. The van der Waals surface area contributed by atoms with Crippen molar-refractivity contribution < 1.29 is 28.6 Å². The lowest BCUT2D eigenvalue weighted by Gasteiger charge is -2.29. The van der Waals surface area contributed by atoms with Gasteiger partial charge in [-0.3, -0.25) is 4.79 Å². The first-order chi connectivity index (χ1) is 14.8. The van der Waals surface area contributed by atoms with E-state index in [2.05, 4.69) is 14.8 Å². The van der Waals surface area contributed by atoms with Crippen LogP contribution in [0.3, 0.4) is 0 Å². The largest absolute Gasteiger partial charge is 0.469 e. The van der Waals surface area contributed by atoms with Crippen LogP contribution in [0.5, 0.6) is 0 Å². The smallest absolute Gasteiger partial charge is 0.410 e. The summed E-state index contributed by atoms with van der Waals surface area (Å²) in [5, 5.41) is 3.49. The van der Waals surface area contributed by atoms with Crippen LogP contribution < -0.4 is 0 Å². The third-order valence-corrected chi connectivity index (χ3v) is 3.97. The minimum atomic E-state index is -0.653. The summed E-state index contributed by atoms with van der Waals surface area (Å²) in [6, 6.07) is 0. The fourth-order valence-electron chi connectivity index (χ4n) is 2.55. The van der Waals surface area contributed by atoms with E-state index in [0.717, 1.165) is 0 Å². The van der Waals surface area contributed by atoms with Crippen molar-refractivity contribution >= 4 is 18.2 Å². The Hall–Kier alpha value is -2.68. The number of ether oxygens (including phenoxy) is 3. The molecule has 0 saturated heterocycles. The number of carbonyl (C=O) groups is 3. The molecule has 0 N–H and O–H groups in total. The normalized spacial score (nSPS) is 11.2. The van der Waals surface area contributed by atoms with Crippen LogP contribution >= 0.6 is 0 Å². The summed E-state index contributed by atoms with van der Waals surface area (Å²) < 4.78 is 15.5. The maximum absolute atomic E-state index is 12.5. The molecule has 0 atom stereocenters. The average Bonchev–Trinajstić information content (AvgIpc) is 2.65. The molecule has 0 aliphatic carbocycles. The molecule has 0 unspecified atom stereocenters. The molecule has 0 aliphatic rings.